The lowest BCUT2D eigenvalue weighted by molar-refractivity contribution is -0.117. The third-order valence-electron chi connectivity index (χ3n) is 8.02. The van der Waals surface area contributed by atoms with Crippen LogP contribution in [0.1, 0.15) is 55.4 Å². The molecule has 2 atom stereocenters. The van der Waals surface area contributed by atoms with Crippen molar-refractivity contribution in [1.82, 2.24) is 15.2 Å². The maximum Gasteiger partial charge on any atom is 0.254 e. The maximum absolute atomic E-state index is 14.6. The Hall–Kier alpha value is -4.58. The van der Waals surface area contributed by atoms with Gasteiger partial charge in [0.1, 0.15) is 10.8 Å². The lowest BCUT2D eigenvalue weighted by Gasteiger charge is -2.35. The minimum Gasteiger partial charge on any atom is -0.497 e. The number of nitrogens with two attached hydrogens (primary N) is 1. The fraction of sp³-hybridized carbons (Fsp3) is 0.314. The first-order chi connectivity index (χ1) is 22.2. The molecule has 240 valence electrons. The van der Waals surface area contributed by atoms with Gasteiger partial charge in [-0.15, -0.1) is 11.3 Å². The van der Waals surface area contributed by atoms with Gasteiger partial charge in [-0.3, -0.25) is 14.4 Å². The van der Waals surface area contributed by atoms with Gasteiger partial charge in [0.05, 0.1) is 25.8 Å². The molecule has 1 aliphatic rings. The molecule has 2 heterocycles. The molecular weight excluding hydrogens is 602 g/mol. The van der Waals surface area contributed by atoms with Crippen LogP contribution in [0.3, 0.4) is 0 Å². The van der Waals surface area contributed by atoms with Crippen LogP contribution in [0.25, 0.3) is 0 Å². The highest BCUT2D eigenvalue weighted by atomic mass is 32.1. The molecule has 10 nitrogen and oxygen atoms in total. The van der Waals surface area contributed by atoms with Crippen LogP contribution in [0.2, 0.25) is 0 Å². The van der Waals surface area contributed by atoms with Gasteiger partial charge in [0.2, 0.25) is 11.8 Å². The van der Waals surface area contributed by atoms with Crippen molar-refractivity contribution >= 4 is 34.7 Å². The number of nitrogens with one attached hydrogen (secondary N) is 1. The Morgan fingerprint density at radius 3 is 2.52 bits per heavy atom. The first-order valence-electron chi connectivity index (χ1n) is 15.2. The van der Waals surface area contributed by atoms with Gasteiger partial charge in [0, 0.05) is 53.9 Å². The van der Waals surface area contributed by atoms with Crippen molar-refractivity contribution in [3.63, 3.8) is 0 Å². The molecule has 0 bridgehead atoms. The molecule has 0 unspecified atom stereocenters. The Bertz CT molecular complexity index is 1680. The van der Waals surface area contributed by atoms with Crippen molar-refractivity contribution in [2.75, 3.05) is 25.1 Å². The Morgan fingerprint density at radius 2 is 1.85 bits per heavy atom. The second-order valence-corrected chi connectivity index (χ2v) is 12.3. The van der Waals surface area contributed by atoms with E-state index in [1.54, 1.807) is 29.0 Å². The number of carbonyl (C=O) groups excluding carboxylic acids is 3. The number of anilines is 1. The first-order valence-corrected chi connectivity index (χ1v) is 16.1. The molecule has 1 saturated heterocycles. The summed E-state index contributed by atoms with van der Waals surface area (Å²) >= 11 is 1.44. The Balaban J connectivity index is 1.50. The van der Waals surface area contributed by atoms with E-state index in [0.717, 1.165) is 22.6 Å². The molecule has 1 aliphatic heterocycles. The Labute approximate surface area is 272 Å². The minimum atomic E-state index is -0.977. The van der Waals surface area contributed by atoms with Crippen LogP contribution in [-0.4, -0.2) is 65.1 Å². The summed E-state index contributed by atoms with van der Waals surface area (Å²) in [6, 6.07) is 21.3. The van der Waals surface area contributed by atoms with Crippen molar-refractivity contribution in [3.05, 3.63) is 111 Å². The predicted octanol–water partition coefficient (Wildman–Crippen LogP) is 4.09. The van der Waals surface area contributed by atoms with Crippen molar-refractivity contribution in [1.29, 1.82) is 0 Å². The van der Waals surface area contributed by atoms with Crippen molar-refractivity contribution in [2.24, 2.45) is 5.73 Å². The summed E-state index contributed by atoms with van der Waals surface area (Å²) in [4.78, 5) is 47.4. The number of methoxy groups -OCH3 is 1. The van der Waals surface area contributed by atoms with E-state index in [9.17, 15) is 19.5 Å². The number of hydrogen-bond donors (Lipinski definition) is 3. The number of aliphatic hydroxyl groups is 1. The molecule has 11 heteroatoms. The summed E-state index contributed by atoms with van der Waals surface area (Å²) in [6.45, 7) is 3.20. The molecule has 1 aromatic heterocycles. The van der Waals surface area contributed by atoms with Gasteiger partial charge >= 0.3 is 0 Å². The summed E-state index contributed by atoms with van der Waals surface area (Å²) in [5.74, 6) is -0.441. The number of benzene rings is 3. The Kier molecular flexibility index (Phi) is 10.8. The normalized spacial score (nSPS) is 14.2. The van der Waals surface area contributed by atoms with E-state index in [-0.39, 0.29) is 30.1 Å². The maximum atomic E-state index is 14.6. The molecule has 0 aliphatic carbocycles. The smallest absolute Gasteiger partial charge is 0.254 e. The van der Waals surface area contributed by atoms with Gasteiger partial charge in [-0.1, -0.05) is 42.5 Å². The molecule has 0 spiro atoms. The lowest BCUT2D eigenvalue weighted by atomic mass is 9.97. The molecule has 1 fully saturated rings. The number of aromatic nitrogens is 1. The van der Waals surface area contributed by atoms with Crippen LogP contribution in [0, 0.1) is 6.92 Å². The summed E-state index contributed by atoms with van der Waals surface area (Å²) < 4.78 is 5.34. The number of rotatable bonds is 14. The largest absolute Gasteiger partial charge is 0.497 e. The van der Waals surface area contributed by atoms with E-state index in [4.69, 9.17) is 10.5 Å². The number of thiazole rings is 1. The zero-order valence-electron chi connectivity index (χ0n) is 26.0. The number of carbonyl (C=O) groups is 3. The predicted molar refractivity (Wildman–Crippen MR) is 178 cm³/mol. The average Bonchev–Trinajstić information content (AvgIpc) is 3.69. The molecule has 3 aromatic carbocycles. The van der Waals surface area contributed by atoms with Gasteiger partial charge in [-0.25, -0.2) is 4.98 Å². The molecule has 0 radical (unpaired) electrons. The molecule has 46 heavy (non-hydrogen) atoms. The average molecular weight is 642 g/mol. The zero-order chi connectivity index (χ0) is 32.6. The summed E-state index contributed by atoms with van der Waals surface area (Å²) in [5, 5.41) is 17.7. The molecule has 0 saturated carbocycles. The third kappa shape index (κ3) is 8.16. The summed E-state index contributed by atoms with van der Waals surface area (Å²) in [7, 11) is 1.62. The molecule has 4 N–H and O–H groups in total. The molecule has 5 rings (SSSR count). The van der Waals surface area contributed by atoms with Gasteiger partial charge in [0.15, 0.2) is 0 Å². The van der Waals surface area contributed by atoms with Crippen LogP contribution in [-0.2, 0) is 24.3 Å². The third-order valence-corrected chi connectivity index (χ3v) is 8.97. The SMILES string of the molecule is COc1cccc(CNC[C@@H](O)[C@H](Cc2ccccc2)N(Cc2nc(C)cs2)C(=O)c2cc(C(N)=O)cc(N3CCCC3=O)c2)c1. The lowest BCUT2D eigenvalue weighted by Crippen LogP contribution is -2.51. The van der Waals surface area contributed by atoms with Gasteiger partial charge in [-0.2, -0.15) is 0 Å². The van der Waals surface area contributed by atoms with Crippen LogP contribution in [0.15, 0.2) is 78.2 Å². The second-order valence-electron chi connectivity index (χ2n) is 11.4. The van der Waals surface area contributed by atoms with E-state index >= 15 is 0 Å². The number of nitrogens with zero attached hydrogens (tertiary/aromatic N) is 3. The van der Waals surface area contributed by atoms with E-state index in [1.807, 2.05) is 66.9 Å². The van der Waals surface area contributed by atoms with Crippen LogP contribution in [0.4, 0.5) is 5.69 Å². The second kappa shape index (κ2) is 15.1. The van der Waals surface area contributed by atoms with Gasteiger partial charge in [0.25, 0.3) is 5.91 Å². The Morgan fingerprint density at radius 1 is 1.09 bits per heavy atom. The number of ether oxygens (including phenoxy) is 1. The van der Waals surface area contributed by atoms with Crippen molar-refractivity contribution in [3.8, 4) is 5.75 Å². The summed E-state index contributed by atoms with van der Waals surface area (Å²) in [5.41, 5.74) is 9.24. The van der Waals surface area contributed by atoms with Crippen LogP contribution in [0.5, 0.6) is 5.75 Å². The topological polar surface area (TPSA) is 138 Å². The van der Waals surface area contributed by atoms with Crippen LogP contribution < -0.4 is 20.7 Å². The molecule has 3 amide bonds. The summed E-state index contributed by atoms with van der Waals surface area (Å²) in [6.07, 6.45) is 0.474. The van der Waals surface area contributed by atoms with E-state index in [1.165, 1.54) is 17.4 Å². The monoisotopic (exact) mass is 641 g/mol. The fourth-order valence-electron chi connectivity index (χ4n) is 5.67. The van der Waals surface area contributed by atoms with Crippen molar-refractivity contribution < 1.29 is 24.2 Å². The number of aryl methyl sites for hydroxylation is 1. The number of aliphatic hydroxyl groups excluding tert-OH is 1. The standard InChI is InChI=1S/C35H39N5O5S/c1-23-22-46-32(38-23)21-40(35(44)27-16-26(34(36)43)17-28(18-27)39-13-7-12-33(39)42)30(15-24-8-4-3-5-9-24)31(41)20-37-19-25-10-6-11-29(14-25)45-2/h3-6,8-11,14,16-18,22,30-31,37,41H,7,12-13,15,19-21H2,1-2H3,(H2,36,43)/t30-,31+/m0/s1. The highest BCUT2D eigenvalue weighted by Crippen LogP contribution is 2.27. The van der Waals surface area contributed by atoms with E-state index in [0.29, 0.717) is 43.0 Å². The minimum absolute atomic E-state index is 0.0744. The fourth-order valence-corrected chi connectivity index (χ4v) is 6.44. The number of hydrogen-bond acceptors (Lipinski definition) is 8. The van der Waals surface area contributed by atoms with E-state index in [2.05, 4.69) is 10.3 Å². The zero-order valence-corrected chi connectivity index (χ0v) is 26.8. The quantitative estimate of drug-likeness (QED) is 0.189. The molecule has 4 aromatic rings. The van der Waals surface area contributed by atoms with E-state index < -0.39 is 24.0 Å². The van der Waals surface area contributed by atoms with Crippen LogP contribution >= 0.6 is 11.3 Å². The molecular formula is C35H39N5O5S. The van der Waals surface area contributed by atoms with Crippen molar-refractivity contribution in [2.45, 2.75) is 51.4 Å². The number of primary amides is 1. The highest BCUT2D eigenvalue weighted by Gasteiger charge is 2.33. The highest BCUT2D eigenvalue weighted by molar-refractivity contribution is 7.09. The van der Waals surface area contributed by atoms with Gasteiger partial charge in [-0.05, 0) is 61.2 Å². The first kappa shape index (κ1) is 32.8. The van der Waals surface area contributed by atoms with Gasteiger partial charge < -0.3 is 30.7 Å². The number of amides is 3.